The van der Waals surface area contributed by atoms with Gasteiger partial charge in [0, 0.05) is 5.56 Å². The van der Waals surface area contributed by atoms with Gasteiger partial charge in [-0.25, -0.2) is 4.68 Å². The Bertz CT molecular complexity index is 620. The van der Waals surface area contributed by atoms with Crippen LogP contribution in [0, 0.1) is 5.92 Å². The lowest BCUT2D eigenvalue weighted by Gasteiger charge is -2.16. The van der Waals surface area contributed by atoms with E-state index in [1.54, 1.807) is 7.11 Å². The summed E-state index contributed by atoms with van der Waals surface area (Å²) in [7, 11) is 1.61. The minimum absolute atomic E-state index is 0.353. The van der Waals surface area contributed by atoms with Gasteiger partial charge in [0.25, 0.3) is 0 Å². The molecule has 0 amide bonds. The zero-order chi connectivity index (χ0) is 14.8. The highest BCUT2D eigenvalue weighted by Gasteiger charge is 2.27. The SMILES string of the molecule is CCC(CC1CC1)n1nnnc1-c1ccc(OC)c(N)c1. The fourth-order valence-electron chi connectivity index (χ4n) is 2.68. The molecule has 1 saturated carbocycles. The van der Waals surface area contributed by atoms with Crippen molar-refractivity contribution in [3.8, 4) is 17.1 Å². The molecule has 0 aliphatic heterocycles. The fourth-order valence-corrected chi connectivity index (χ4v) is 2.68. The van der Waals surface area contributed by atoms with E-state index in [4.69, 9.17) is 10.5 Å². The van der Waals surface area contributed by atoms with E-state index in [2.05, 4.69) is 22.4 Å². The first-order valence-corrected chi connectivity index (χ1v) is 7.44. The smallest absolute Gasteiger partial charge is 0.182 e. The Morgan fingerprint density at radius 1 is 1.43 bits per heavy atom. The highest BCUT2D eigenvalue weighted by Crippen LogP contribution is 2.38. The van der Waals surface area contributed by atoms with Crippen LogP contribution in [0.4, 0.5) is 5.69 Å². The topological polar surface area (TPSA) is 78.8 Å². The van der Waals surface area contributed by atoms with Crippen LogP contribution in [0.5, 0.6) is 5.75 Å². The van der Waals surface area contributed by atoms with Crippen LogP contribution in [-0.4, -0.2) is 27.3 Å². The summed E-state index contributed by atoms with van der Waals surface area (Å²) in [5.74, 6) is 2.28. The van der Waals surface area contributed by atoms with Gasteiger partial charge in [-0.15, -0.1) is 5.10 Å². The number of methoxy groups -OCH3 is 1. The maximum Gasteiger partial charge on any atom is 0.182 e. The van der Waals surface area contributed by atoms with Gasteiger partial charge in [0.15, 0.2) is 5.82 Å². The van der Waals surface area contributed by atoms with Crippen molar-refractivity contribution >= 4 is 5.69 Å². The lowest BCUT2D eigenvalue weighted by atomic mass is 10.1. The van der Waals surface area contributed by atoms with Gasteiger partial charge in [-0.2, -0.15) is 0 Å². The number of nitrogens with zero attached hydrogens (tertiary/aromatic N) is 4. The third-order valence-electron chi connectivity index (χ3n) is 4.10. The molecule has 3 rings (SSSR count). The molecule has 0 radical (unpaired) electrons. The molecule has 6 heteroatoms. The minimum atomic E-state index is 0.353. The van der Waals surface area contributed by atoms with Crippen molar-refractivity contribution in [2.45, 2.75) is 38.6 Å². The van der Waals surface area contributed by atoms with Crippen LogP contribution in [-0.2, 0) is 0 Å². The number of hydrogen-bond donors (Lipinski definition) is 1. The lowest BCUT2D eigenvalue weighted by molar-refractivity contribution is 0.388. The van der Waals surface area contributed by atoms with Crippen molar-refractivity contribution in [2.24, 2.45) is 5.92 Å². The van der Waals surface area contributed by atoms with Crippen LogP contribution >= 0.6 is 0 Å². The molecule has 2 aromatic rings. The number of nitrogen functional groups attached to an aromatic ring is 1. The molecule has 1 heterocycles. The van der Waals surface area contributed by atoms with Crippen molar-refractivity contribution in [3.05, 3.63) is 18.2 Å². The summed E-state index contributed by atoms with van der Waals surface area (Å²) in [5, 5.41) is 12.2. The van der Waals surface area contributed by atoms with Gasteiger partial charge in [0.05, 0.1) is 18.8 Å². The zero-order valence-electron chi connectivity index (χ0n) is 12.5. The van der Waals surface area contributed by atoms with Gasteiger partial charge in [-0.1, -0.05) is 19.8 Å². The standard InChI is InChI=1S/C15H21N5O/c1-3-12(8-10-4-5-10)20-15(17-18-19-20)11-6-7-14(21-2)13(16)9-11/h6-7,9-10,12H,3-5,8,16H2,1-2H3. The van der Waals surface area contributed by atoms with Crippen LogP contribution in [0.1, 0.15) is 38.6 Å². The van der Waals surface area contributed by atoms with E-state index >= 15 is 0 Å². The van der Waals surface area contributed by atoms with E-state index in [0.29, 0.717) is 17.5 Å². The number of nitrogens with two attached hydrogens (primary N) is 1. The quantitative estimate of drug-likeness (QED) is 0.826. The average molecular weight is 287 g/mol. The molecule has 1 aliphatic rings. The van der Waals surface area contributed by atoms with E-state index in [-0.39, 0.29) is 0 Å². The summed E-state index contributed by atoms with van der Waals surface area (Å²) in [6.07, 6.45) is 4.85. The van der Waals surface area contributed by atoms with Gasteiger partial charge in [0.2, 0.25) is 0 Å². The maximum atomic E-state index is 5.98. The molecule has 1 unspecified atom stereocenters. The molecular formula is C15H21N5O. The lowest BCUT2D eigenvalue weighted by Crippen LogP contribution is -2.12. The third kappa shape index (κ3) is 2.84. The second-order valence-corrected chi connectivity index (χ2v) is 5.64. The Balaban J connectivity index is 1.91. The second kappa shape index (κ2) is 5.71. The fraction of sp³-hybridized carbons (Fsp3) is 0.533. The molecule has 6 nitrogen and oxygen atoms in total. The summed E-state index contributed by atoms with van der Waals surface area (Å²) in [5.41, 5.74) is 7.51. The normalized spacial score (nSPS) is 15.9. The Labute approximate surface area is 124 Å². The number of aromatic nitrogens is 4. The first-order chi connectivity index (χ1) is 10.2. The van der Waals surface area contributed by atoms with Gasteiger partial charge >= 0.3 is 0 Å². The van der Waals surface area contributed by atoms with Crippen molar-refractivity contribution in [1.29, 1.82) is 0 Å². The van der Waals surface area contributed by atoms with E-state index < -0.39 is 0 Å². The Kier molecular flexibility index (Phi) is 3.77. The third-order valence-corrected chi connectivity index (χ3v) is 4.10. The van der Waals surface area contributed by atoms with Gasteiger partial charge in [0.1, 0.15) is 5.75 Å². The molecule has 112 valence electrons. The molecule has 1 fully saturated rings. The van der Waals surface area contributed by atoms with Crippen molar-refractivity contribution in [2.75, 3.05) is 12.8 Å². The first-order valence-electron chi connectivity index (χ1n) is 7.44. The summed E-state index contributed by atoms with van der Waals surface area (Å²) in [6.45, 7) is 2.18. The predicted molar refractivity (Wildman–Crippen MR) is 80.9 cm³/mol. The number of rotatable bonds is 6. The minimum Gasteiger partial charge on any atom is -0.495 e. The number of hydrogen-bond acceptors (Lipinski definition) is 5. The van der Waals surface area contributed by atoms with Crippen molar-refractivity contribution in [1.82, 2.24) is 20.2 Å². The summed E-state index contributed by atoms with van der Waals surface area (Å²) >= 11 is 0. The van der Waals surface area contributed by atoms with Gasteiger partial charge < -0.3 is 10.5 Å². The highest BCUT2D eigenvalue weighted by atomic mass is 16.5. The van der Waals surface area contributed by atoms with E-state index in [1.807, 2.05) is 22.9 Å². The van der Waals surface area contributed by atoms with E-state index in [0.717, 1.165) is 30.1 Å². The predicted octanol–water partition coefficient (Wildman–Crippen LogP) is 2.68. The molecule has 0 spiro atoms. The largest absolute Gasteiger partial charge is 0.495 e. The van der Waals surface area contributed by atoms with Crippen LogP contribution in [0.2, 0.25) is 0 Å². The van der Waals surface area contributed by atoms with Crippen LogP contribution in [0.25, 0.3) is 11.4 Å². The molecule has 1 aliphatic carbocycles. The van der Waals surface area contributed by atoms with Crippen molar-refractivity contribution < 1.29 is 4.74 Å². The molecule has 1 aromatic carbocycles. The Hall–Kier alpha value is -2.11. The van der Waals surface area contributed by atoms with Crippen molar-refractivity contribution in [3.63, 3.8) is 0 Å². The highest BCUT2D eigenvalue weighted by molar-refractivity contribution is 5.66. The Morgan fingerprint density at radius 3 is 2.86 bits per heavy atom. The summed E-state index contributed by atoms with van der Waals surface area (Å²) in [4.78, 5) is 0. The van der Waals surface area contributed by atoms with E-state index in [1.165, 1.54) is 12.8 Å². The van der Waals surface area contributed by atoms with Crippen LogP contribution < -0.4 is 10.5 Å². The molecule has 21 heavy (non-hydrogen) atoms. The Morgan fingerprint density at radius 2 is 2.24 bits per heavy atom. The monoisotopic (exact) mass is 287 g/mol. The second-order valence-electron chi connectivity index (χ2n) is 5.64. The van der Waals surface area contributed by atoms with Crippen LogP contribution in [0.15, 0.2) is 18.2 Å². The molecule has 2 N–H and O–H groups in total. The number of anilines is 1. The van der Waals surface area contributed by atoms with Gasteiger partial charge in [-0.3, -0.25) is 0 Å². The first kappa shape index (κ1) is 13.9. The number of ether oxygens (including phenoxy) is 1. The molecule has 0 bridgehead atoms. The zero-order valence-corrected chi connectivity index (χ0v) is 12.5. The molecule has 0 saturated heterocycles. The maximum absolute atomic E-state index is 5.98. The number of benzene rings is 1. The van der Waals surface area contributed by atoms with Gasteiger partial charge in [-0.05, 0) is 47.4 Å². The number of tetrazole rings is 1. The molecule has 1 aromatic heterocycles. The molecular weight excluding hydrogens is 266 g/mol. The summed E-state index contributed by atoms with van der Waals surface area (Å²) < 4.78 is 7.14. The molecule has 1 atom stereocenters. The average Bonchev–Trinajstić information content (AvgIpc) is 3.19. The van der Waals surface area contributed by atoms with E-state index in [9.17, 15) is 0 Å². The summed E-state index contributed by atoms with van der Waals surface area (Å²) in [6, 6.07) is 6.02. The van der Waals surface area contributed by atoms with Crippen LogP contribution in [0.3, 0.4) is 0 Å².